The summed E-state index contributed by atoms with van der Waals surface area (Å²) in [6.45, 7) is 2.36. The third-order valence-corrected chi connectivity index (χ3v) is 3.24. The van der Waals surface area contributed by atoms with E-state index >= 15 is 0 Å². The van der Waals surface area contributed by atoms with Gasteiger partial charge in [0.15, 0.2) is 0 Å². The maximum atomic E-state index is 5.92. The summed E-state index contributed by atoms with van der Waals surface area (Å²) < 4.78 is 5.92. The summed E-state index contributed by atoms with van der Waals surface area (Å²) in [5.74, 6) is 1.23. The molecule has 0 atom stereocenters. The van der Waals surface area contributed by atoms with E-state index in [0.29, 0.717) is 12.4 Å². The predicted octanol–water partition coefficient (Wildman–Crippen LogP) is 3.19. The third kappa shape index (κ3) is 2.21. The summed E-state index contributed by atoms with van der Waals surface area (Å²) in [7, 11) is 0. The smallest absolute Gasteiger partial charge is 0.246 e. The van der Waals surface area contributed by atoms with Gasteiger partial charge in [-0.15, -0.1) is 5.10 Å². The van der Waals surface area contributed by atoms with Crippen LogP contribution in [0.2, 0.25) is 0 Å². The van der Waals surface area contributed by atoms with Crippen LogP contribution in [0.25, 0.3) is 10.8 Å². The molecule has 0 aliphatic heterocycles. The molecule has 0 unspecified atom stereocenters. The summed E-state index contributed by atoms with van der Waals surface area (Å²) in [5.41, 5.74) is 7.56. The molecule has 3 rings (SSSR count). The minimum Gasteiger partial charge on any atom is -0.437 e. The van der Waals surface area contributed by atoms with Gasteiger partial charge in [-0.1, -0.05) is 36.4 Å². The first-order valence-corrected chi connectivity index (χ1v) is 6.47. The van der Waals surface area contributed by atoms with Crippen LogP contribution in [0.15, 0.2) is 48.5 Å². The van der Waals surface area contributed by atoms with Crippen LogP contribution in [0, 0.1) is 6.92 Å². The third-order valence-electron chi connectivity index (χ3n) is 3.24. The van der Waals surface area contributed by atoms with Gasteiger partial charge in [0, 0.05) is 22.9 Å². The molecule has 4 nitrogen and oxygen atoms in total. The second-order valence-electron chi connectivity index (χ2n) is 4.55. The molecule has 3 aromatic rings. The van der Waals surface area contributed by atoms with Gasteiger partial charge in [0.25, 0.3) is 0 Å². The van der Waals surface area contributed by atoms with E-state index in [9.17, 15) is 0 Å². The molecule has 0 aliphatic rings. The highest BCUT2D eigenvalue weighted by Crippen LogP contribution is 2.29. The number of para-hydroxylation sites is 1. The van der Waals surface area contributed by atoms with E-state index in [1.54, 1.807) is 0 Å². The summed E-state index contributed by atoms with van der Waals surface area (Å²) >= 11 is 0. The first-order chi connectivity index (χ1) is 9.79. The maximum absolute atomic E-state index is 5.92. The van der Waals surface area contributed by atoms with Crippen LogP contribution in [0.1, 0.15) is 11.3 Å². The molecule has 2 N–H and O–H groups in total. The highest BCUT2D eigenvalue weighted by atomic mass is 16.5. The molecular formula is C16H15N3O. The lowest BCUT2D eigenvalue weighted by Gasteiger charge is -2.11. The van der Waals surface area contributed by atoms with E-state index in [1.165, 1.54) is 0 Å². The van der Waals surface area contributed by atoms with Crippen molar-refractivity contribution in [3.05, 3.63) is 59.8 Å². The molecule has 0 fully saturated rings. The number of nitrogens with zero attached hydrogens (tertiary/aromatic N) is 2. The number of benzene rings is 2. The van der Waals surface area contributed by atoms with Gasteiger partial charge in [0.05, 0.1) is 5.69 Å². The molecule has 0 spiro atoms. The molecule has 0 aliphatic carbocycles. The minimum absolute atomic E-state index is 0.424. The SMILES string of the molecule is Cc1nnc(Oc2ccccc2CN)c2ccccc12. The number of nitrogens with two attached hydrogens (primary N) is 1. The van der Waals surface area contributed by atoms with Gasteiger partial charge in [-0.3, -0.25) is 0 Å². The van der Waals surface area contributed by atoms with Crippen molar-refractivity contribution in [2.75, 3.05) is 0 Å². The van der Waals surface area contributed by atoms with E-state index in [0.717, 1.165) is 27.8 Å². The lowest BCUT2D eigenvalue weighted by molar-refractivity contribution is 0.456. The van der Waals surface area contributed by atoms with Crippen molar-refractivity contribution in [1.82, 2.24) is 10.2 Å². The normalized spacial score (nSPS) is 10.7. The highest BCUT2D eigenvalue weighted by Gasteiger charge is 2.10. The monoisotopic (exact) mass is 265 g/mol. The maximum Gasteiger partial charge on any atom is 0.246 e. The Labute approximate surface area is 117 Å². The molecule has 100 valence electrons. The average molecular weight is 265 g/mol. The Balaban J connectivity index is 2.09. The molecule has 2 aromatic carbocycles. The Hall–Kier alpha value is -2.46. The fourth-order valence-corrected chi connectivity index (χ4v) is 2.16. The first kappa shape index (κ1) is 12.6. The molecule has 4 heteroatoms. The van der Waals surface area contributed by atoms with E-state index < -0.39 is 0 Å². The zero-order valence-electron chi connectivity index (χ0n) is 11.2. The second-order valence-corrected chi connectivity index (χ2v) is 4.55. The molecule has 0 radical (unpaired) electrons. The van der Waals surface area contributed by atoms with Crippen molar-refractivity contribution in [3.8, 4) is 11.6 Å². The van der Waals surface area contributed by atoms with Gasteiger partial charge in [-0.2, -0.15) is 5.10 Å². The number of aromatic nitrogens is 2. The molecule has 1 heterocycles. The number of hydrogen-bond acceptors (Lipinski definition) is 4. The molecular weight excluding hydrogens is 250 g/mol. The zero-order valence-corrected chi connectivity index (χ0v) is 11.2. The first-order valence-electron chi connectivity index (χ1n) is 6.47. The van der Waals surface area contributed by atoms with Crippen molar-refractivity contribution in [2.24, 2.45) is 5.73 Å². The van der Waals surface area contributed by atoms with Crippen molar-refractivity contribution < 1.29 is 4.74 Å². The fourth-order valence-electron chi connectivity index (χ4n) is 2.16. The summed E-state index contributed by atoms with van der Waals surface area (Å²) in [6.07, 6.45) is 0. The van der Waals surface area contributed by atoms with Gasteiger partial charge in [0.1, 0.15) is 5.75 Å². The van der Waals surface area contributed by atoms with Crippen LogP contribution in [-0.2, 0) is 6.54 Å². The van der Waals surface area contributed by atoms with E-state index in [-0.39, 0.29) is 0 Å². The standard InChI is InChI=1S/C16H15N3O/c1-11-13-7-3-4-8-14(13)16(19-18-11)20-15-9-5-2-6-12(15)10-17/h2-9H,10,17H2,1H3. The molecule has 20 heavy (non-hydrogen) atoms. The Morgan fingerprint density at radius 3 is 2.45 bits per heavy atom. The average Bonchev–Trinajstić information content (AvgIpc) is 2.51. The topological polar surface area (TPSA) is 61.0 Å². The van der Waals surface area contributed by atoms with Crippen LogP contribution in [0.4, 0.5) is 0 Å². The predicted molar refractivity (Wildman–Crippen MR) is 78.7 cm³/mol. The van der Waals surface area contributed by atoms with Crippen LogP contribution in [0.5, 0.6) is 11.6 Å². The van der Waals surface area contributed by atoms with Gasteiger partial charge < -0.3 is 10.5 Å². The van der Waals surface area contributed by atoms with Crippen LogP contribution >= 0.6 is 0 Å². The Morgan fingerprint density at radius 2 is 1.65 bits per heavy atom. The highest BCUT2D eigenvalue weighted by molar-refractivity contribution is 5.88. The van der Waals surface area contributed by atoms with Gasteiger partial charge >= 0.3 is 0 Å². The summed E-state index contributed by atoms with van der Waals surface area (Å²) in [5, 5.41) is 10.3. The van der Waals surface area contributed by atoms with E-state index in [1.807, 2.05) is 55.5 Å². The number of aryl methyl sites for hydroxylation is 1. The Bertz CT molecular complexity index is 756. The van der Waals surface area contributed by atoms with Crippen LogP contribution in [0.3, 0.4) is 0 Å². The Morgan fingerprint density at radius 1 is 0.950 bits per heavy atom. The molecule has 0 saturated heterocycles. The number of rotatable bonds is 3. The van der Waals surface area contributed by atoms with Crippen molar-refractivity contribution in [3.63, 3.8) is 0 Å². The number of ether oxygens (including phenoxy) is 1. The Kier molecular flexibility index (Phi) is 3.31. The molecule has 0 amide bonds. The minimum atomic E-state index is 0.424. The molecule has 0 saturated carbocycles. The van der Waals surface area contributed by atoms with Crippen molar-refractivity contribution in [2.45, 2.75) is 13.5 Å². The number of fused-ring (bicyclic) bond motifs is 1. The lowest BCUT2D eigenvalue weighted by atomic mass is 10.1. The van der Waals surface area contributed by atoms with Crippen LogP contribution < -0.4 is 10.5 Å². The van der Waals surface area contributed by atoms with Crippen molar-refractivity contribution in [1.29, 1.82) is 0 Å². The van der Waals surface area contributed by atoms with Gasteiger partial charge in [-0.05, 0) is 19.1 Å². The van der Waals surface area contributed by atoms with E-state index in [2.05, 4.69) is 10.2 Å². The quantitative estimate of drug-likeness (QED) is 0.790. The van der Waals surface area contributed by atoms with Crippen molar-refractivity contribution >= 4 is 10.8 Å². The lowest BCUT2D eigenvalue weighted by Crippen LogP contribution is -2.01. The molecule has 1 aromatic heterocycles. The summed E-state index contributed by atoms with van der Waals surface area (Å²) in [4.78, 5) is 0. The molecule has 0 bridgehead atoms. The summed E-state index contributed by atoms with van der Waals surface area (Å²) in [6, 6.07) is 15.6. The largest absolute Gasteiger partial charge is 0.437 e. The van der Waals surface area contributed by atoms with Crippen LogP contribution in [-0.4, -0.2) is 10.2 Å². The fraction of sp³-hybridized carbons (Fsp3) is 0.125. The number of hydrogen-bond donors (Lipinski definition) is 1. The van der Waals surface area contributed by atoms with Gasteiger partial charge in [0.2, 0.25) is 5.88 Å². The second kappa shape index (κ2) is 5.27. The van der Waals surface area contributed by atoms with Gasteiger partial charge in [-0.25, -0.2) is 0 Å². The zero-order chi connectivity index (χ0) is 13.9. The van der Waals surface area contributed by atoms with E-state index in [4.69, 9.17) is 10.5 Å².